The van der Waals surface area contributed by atoms with E-state index in [1.165, 1.54) is 6.07 Å². The van der Waals surface area contributed by atoms with E-state index < -0.39 is 12.0 Å². The van der Waals surface area contributed by atoms with Gasteiger partial charge in [0.1, 0.15) is 6.54 Å². The third kappa shape index (κ3) is 2.48. The van der Waals surface area contributed by atoms with Gasteiger partial charge in [0.05, 0.1) is 11.0 Å². The van der Waals surface area contributed by atoms with Crippen LogP contribution in [0, 0.1) is 0 Å². The molecule has 2 heterocycles. The molecule has 21 heavy (non-hydrogen) atoms. The van der Waals surface area contributed by atoms with Gasteiger partial charge >= 0.3 is 6.18 Å². The number of benzene rings is 1. The van der Waals surface area contributed by atoms with Crippen molar-refractivity contribution in [2.75, 3.05) is 0 Å². The van der Waals surface area contributed by atoms with E-state index >= 15 is 0 Å². The molecule has 0 radical (unpaired) electrons. The lowest BCUT2D eigenvalue weighted by molar-refractivity contribution is -0.146. The van der Waals surface area contributed by atoms with E-state index in [0.717, 1.165) is 4.57 Å². The molecule has 0 atom stereocenters. The number of aromatic nitrogens is 4. The minimum Gasteiger partial charge on any atom is -0.337 e. The molecule has 0 saturated heterocycles. The van der Waals surface area contributed by atoms with Crippen molar-refractivity contribution in [3.05, 3.63) is 41.8 Å². The second kappa shape index (κ2) is 4.87. The van der Waals surface area contributed by atoms with E-state index in [2.05, 4.69) is 15.1 Å². The fourth-order valence-electron chi connectivity index (χ4n) is 2.09. The second-order valence-electron chi connectivity index (χ2n) is 4.47. The summed E-state index contributed by atoms with van der Waals surface area (Å²) >= 11 is 0. The number of aryl methyl sites for hydroxylation is 1. The number of hydrogen-bond donors (Lipinski definition) is 0. The maximum atomic E-state index is 13.1. The van der Waals surface area contributed by atoms with Gasteiger partial charge in [-0.25, -0.2) is 4.98 Å². The van der Waals surface area contributed by atoms with Crippen LogP contribution in [0.5, 0.6) is 0 Å². The highest BCUT2D eigenvalue weighted by Gasteiger charge is 2.37. The molecule has 110 valence electrons. The molecule has 0 N–H and O–H groups in total. The molecule has 2 aromatic heterocycles. The first-order chi connectivity index (χ1) is 9.99. The summed E-state index contributed by atoms with van der Waals surface area (Å²) in [5, 5.41) is 3.69. The first-order valence-electron chi connectivity index (χ1n) is 6.33. The molecule has 0 unspecified atom stereocenters. The van der Waals surface area contributed by atoms with Gasteiger partial charge in [0.25, 0.3) is 0 Å². The average Bonchev–Trinajstić information content (AvgIpc) is 3.04. The highest BCUT2D eigenvalue weighted by Crippen LogP contribution is 2.31. The number of para-hydroxylation sites is 2. The topological polar surface area (TPSA) is 56.7 Å². The van der Waals surface area contributed by atoms with Gasteiger partial charge in [-0.15, -0.1) is 0 Å². The van der Waals surface area contributed by atoms with Crippen LogP contribution >= 0.6 is 0 Å². The predicted octanol–water partition coefficient (Wildman–Crippen LogP) is 3.05. The number of fused-ring (bicyclic) bond motifs is 1. The fourth-order valence-corrected chi connectivity index (χ4v) is 2.09. The van der Waals surface area contributed by atoms with Crippen molar-refractivity contribution in [1.82, 2.24) is 19.7 Å². The smallest absolute Gasteiger partial charge is 0.337 e. The van der Waals surface area contributed by atoms with Crippen LogP contribution in [0.25, 0.3) is 11.0 Å². The summed E-state index contributed by atoms with van der Waals surface area (Å²) in [6.45, 7) is 1.67. The first kappa shape index (κ1) is 13.6. The van der Waals surface area contributed by atoms with Crippen molar-refractivity contribution in [3.8, 4) is 0 Å². The third-order valence-corrected chi connectivity index (χ3v) is 3.03. The SMILES string of the molecule is CCc1noc(Cn2c(C(F)(F)F)nc3ccccc32)n1. The Morgan fingerprint density at radius 2 is 1.95 bits per heavy atom. The lowest BCUT2D eigenvalue weighted by Crippen LogP contribution is -2.15. The molecule has 5 nitrogen and oxygen atoms in total. The number of rotatable bonds is 3. The predicted molar refractivity (Wildman–Crippen MR) is 67.5 cm³/mol. The van der Waals surface area contributed by atoms with Crippen LogP contribution in [0.15, 0.2) is 28.8 Å². The largest absolute Gasteiger partial charge is 0.449 e. The van der Waals surface area contributed by atoms with E-state index in [4.69, 9.17) is 4.52 Å². The average molecular weight is 296 g/mol. The van der Waals surface area contributed by atoms with E-state index in [1.807, 2.05) is 6.92 Å². The van der Waals surface area contributed by atoms with Crippen LogP contribution in [-0.4, -0.2) is 19.7 Å². The highest BCUT2D eigenvalue weighted by atomic mass is 19.4. The Morgan fingerprint density at radius 3 is 2.62 bits per heavy atom. The minimum absolute atomic E-state index is 0.125. The van der Waals surface area contributed by atoms with Gasteiger partial charge in [-0.05, 0) is 12.1 Å². The monoisotopic (exact) mass is 296 g/mol. The normalized spacial score (nSPS) is 12.2. The van der Waals surface area contributed by atoms with Crippen LogP contribution in [0.3, 0.4) is 0 Å². The van der Waals surface area contributed by atoms with Gasteiger partial charge in [-0.3, -0.25) is 0 Å². The summed E-state index contributed by atoms with van der Waals surface area (Å²) in [5.74, 6) is -0.386. The van der Waals surface area contributed by atoms with Gasteiger partial charge in [0.2, 0.25) is 11.7 Å². The van der Waals surface area contributed by atoms with Crippen molar-refractivity contribution in [2.24, 2.45) is 0 Å². The summed E-state index contributed by atoms with van der Waals surface area (Å²) in [6, 6.07) is 6.41. The summed E-state index contributed by atoms with van der Waals surface area (Å²) in [6.07, 6.45) is -3.99. The minimum atomic E-state index is -4.55. The van der Waals surface area contributed by atoms with Crippen LogP contribution in [-0.2, 0) is 19.1 Å². The van der Waals surface area contributed by atoms with Crippen molar-refractivity contribution < 1.29 is 17.7 Å². The maximum absolute atomic E-state index is 13.1. The highest BCUT2D eigenvalue weighted by molar-refractivity contribution is 5.76. The zero-order valence-corrected chi connectivity index (χ0v) is 11.1. The van der Waals surface area contributed by atoms with Crippen LogP contribution in [0.4, 0.5) is 13.2 Å². The molecular formula is C13H11F3N4O. The molecule has 1 aromatic carbocycles. The number of halogens is 3. The van der Waals surface area contributed by atoms with Gasteiger partial charge < -0.3 is 9.09 Å². The van der Waals surface area contributed by atoms with E-state index in [0.29, 0.717) is 17.8 Å². The van der Waals surface area contributed by atoms with Crippen LogP contribution in [0.1, 0.15) is 24.5 Å². The Morgan fingerprint density at radius 1 is 1.19 bits per heavy atom. The van der Waals surface area contributed by atoms with Crippen LogP contribution < -0.4 is 0 Å². The van der Waals surface area contributed by atoms with Crippen LogP contribution in [0.2, 0.25) is 0 Å². The van der Waals surface area contributed by atoms with Gasteiger partial charge in [-0.2, -0.15) is 18.2 Å². The molecule has 8 heteroatoms. The Bertz CT molecular complexity index is 775. The van der Waals surface area contributed by atoms with Crippen molar-refractivity contribution in [3.63, 3.8) is 0 Å². The standard InChI is InChI=1S/C13H11F3N4O/c1-2-10-18-11(21-19-10)7-20-9-6-4-3-5-8(9)17-12(20)13(14,15)16/h3-6H,2,7H2,1H3. The Labute approximate surface area is 117 Å². The van der Waals surface area contributed by atoms with Gasteiger partial charge in [0.15, 0.2) is 5.82 Å². The van der Waals surface area contributed by atoms with E-state index in [9.17, 15) is 13.2 Å². The fraction of sp³-hybridized carbons (Fsp3) is 0.308. The zero-order chi connectivity index (χ0) is 15.0. The molecule has 0 aliphatic rings. The molecular weight excluding hydrogens is 285 g/mol. The van der Waals surface area contributed by atoms with Gasteiger partial charge in [-0.1, -0.05) is 24.2 Å². The lowest BCUT2D eigenvalue weighted by Gasteiger charge is -2.08. The van der Waals surface area contributed by atoms with Gasteiger partial charge in [0, 0.05) is 6.42 Å². The Kier molecular flexibility index (Phi) is 3.15. The van der Waals surface area contributed by atoms with Crippen molar-refractivity contribution >= 4 is 11.0 Å². The van der Waals surface area contributed by atoms with E-state index in [-0.39, 0.29) is 18.0 Å². The van der Waals surface area contributed by atoms with E-state index in [1.54, 1.807) is 18.2 Å². The molecule has 0 bridgehead atoms. The molecule has 0 spiro atoms. The molecule has 0 saturated carbocycles. The molecule has 0 aliphatic carbocycles. The summed E-state index contributed by atoms with van der Waals surface area (Å²) in [4.78, 5) is 7.70. The number of alkyl halides is 3. The Balaban J connectivity index is 2.10. The van der Waals surface area contributed by atoms with Crippen molar-refractivity contribution in [1.29, 1.82) is 0 Å². The lowest BCUT2D eigenvalue weighted by atomic mass is 10.3. The second-order valence-corrected chi connectivity index (χ2v) is 4.47. The number of imidazole rings is 1. The Hall–Kier alpha value is -2.38. The molecule has 0 fully saturated rings. The molecule has 0 aliphatic heterocycles. The summed E-state index contributed by atoms with van der Waals surface area (Å²) in [5.41, 5.74) is 0.654. The summed E-state index contributed by atoms with van der Waals surface area (Å²) in [7, 11) is 0. The first-order valence-corrected chi connectivity index (χ1v) is 6.33. The zero-order valence-electron chi connectivity index (χ0n) is 11.1. The number of hydrogen-bond acceptors (Lipinski definition) is 4. The van der Waals surface area contributed by atoms with Crippen molar-refractivity contribution in [2.45, 2.75) is 26.1 Å². The molecule has 0 amide bonds. The molecule has 3 rings (SSSR count). The molecule has 3 aromatic rings. The number of nitrogens with zero attached hydrogens (tertiary/aromatic N) is 4. The maximum Gasteiger partial charge on any atom is 0.449 e. The quantitative estimate of drug-likeness (QED) is 0.745. The summed E-state index contributed by atoms with van der Waals surface area (Å²) < 4.78 is 45.3. The third-order valence-electron chi connectivity index (χ3n) is 3.03.